The molecule has 1 aromatic heterocycles. The first-order valence-corrected chi connectivity index (χ1v) is 10.6. The van der Waals surface area contributed by atoms with Crippen LogP contribution in [0.3, 0.4) is 0 Å². The number of nitrogens with zero attached hydrogens (tertiary/aromatic N) is 2. The molecule has 0 atom stereocenters. The number of pyridine rings is 1. The lowest BCUT2D eigenvalue weighted by Crippen LogP contribution is -2.37. The molecule has 1 aromatic carbocycles. The molecule has 1 saturated heterocycles. The van der Waals surface area contributed by atoms with Crippen LogP contribution in [-0.2, 0) is 14.9 Å². The van der Waals surface area contributed by atoms with Gasteiger partial charge in [-0.25, -0.2) is 4.98 Å². The van der Waals surface area contributed by atoms with E-state index in [2.05, 4.69) is 36.0 Å². The summed E-state index contributed by atoms with van der Waals surface area (Å²) in [4.78, 5) is 31.0. The third-order valence-corrected chi connectivity index (χ3v) is 5.46. The number of carbonyl (C=O) groups is 2. The Kier molecular flexibility index (Phi) is 6.75. The van der Waals surface area contributed by atoms with Gasteiger partial charge in [0, 0.05) is 25.0 Å². The third-order valence-electron chi connectivity index (χ3n) is 5.46. The summed E-state index contributed by atoms with van der Waals surface area (Å²) < 4.78 is 5.12. The van der Waals surface area contributed by atoms with Gasteiger partial charge in [0.2, 0.25) is 0 Å². The highest BCUT2D eigenvalue weighted by Gasteiger charge is 2.26. The largest absolute Gasteiger partial charge is 0.466 e. The number of anilines is 2. The monoisotopic (exact) mass is 409 g/mol. The van der Waals surface area contributed by atoms with Gasteiger partial charge in [0.1, 0.15) is 5.82 Å². The molecular weight excluding hydrogens is 378 g/mol. The van der Waals surface area contributed by atoms with Crippen LogP contribution < -0.4 is 10.2 Å². The van der Waals surface area contributed by atoms with Gasteiger partial charge in [0.25, 0.3) is 5.91 Å². The first-order chi connectivity index (χ1) is 14.3. The molecule has 1 amide bonds. The van der Waals surface area contributed by atoms with Crippen molar-refractivity contribution in [2.75, 3.05) is 29.9 Å². The van der Waals surface area contributed by atoms with Crippen LogP contribution in [0.1, 0.15) is 56.5 Å². The van der Waals surface area contributed by atoms with Crippen molar-refractivity contribution < 1.29 is 14.3 Å². The van der Waals surface area contributed by atoms with E-state index in [0.29, 0.717) is 12.2 Å². The number of amides is 1. The molecule has 1 aliphatic rings. The van der Waals surface area contributed by atoms with Gasteiger partial charge in [0.15, 0.2) is 0 Å². The maximum Gasteiger partial charge on any atom is 0.309 e. The summed E-state index contributed by atoms with van der Waals surface area (Å²) >= 11 is 0. The Morgan fingerprint density at radius 3 is 2.30 bits per heavy atom. The van der Waals surface area contributed by atoms with Crippen molar-refractivity contribution in [2.24, 2.45) is 5.92 Å². The van der Waals surface area contributed by atoms with Crippen molar-refractivity contribution in [3.63, 3.8) is 0 Å². The minimum Gasteiger partial charge on any atom is -0.466 e. The molecule has 3 rings (SSSR count). The van der Waals surface area contributed by atoms with Gasteiger partial charge in [-0.05, 0) is 55.0 Å². The number of carbonyl (C=O) groups excluding carboxylic acids is 2. The molecule has 0 unspecified atom stereocenters. The summed E-state index contributed by atoms with van der Waals surface area (Å²) in [6.07, 6.45) is 3.12. The Labute approximate surface area is 178 Å². The number of nitrogens with one attached hydrogen (secondary N) is 1. The molecule has 6 heteroatoms. The van der Waals surface area contributed by atoms with Crippen LogP contribution in [0.5, 0.6) is 0 Å². The van der Waals surface area contributed by atoms with Gasteiger partial charge in [-0.15, -0.1) is 0 Å². The second-order valence-electron chi connectivity index (χ2n) is 8.70. The Morgan fingerprint density at radius 1 is 1.10 bits per heavy atom. The molecule has 1 aliphatic heterocycles. The van der Waals surface area contributed by atoms with E-state index in [0.717, 1.165) is 37.4 Å². The molecule has 0 aliphatic carbocycles. The van der Waals surface area contributed by atoms with Gasteiger partial charge in [-0.3, -0.25) is 9.59 Å². The minimum atomic E-state index is -0.182. The van der Waals surface area contributed by atoms with Crippen LogP contribution in [0.15, 0.2) is 42.6 Å². The van der Waals surface area contributed by atoms with Crippen molar-refractivity contribution >= 4 is 23.4 Å². The summed E-state index contributed by atoms with van der Waals surface area (Å²) in [7, 11) is 0. The van der Waals surface area contributed by atoms with Gasteiger partial charge in [0.05, 0.1) is 18.1 Å². The van der Waals surface area contributed by atoms with Crippen molar-refractivity contribution in [2.45, 2.75) is 46.0 Å². The summed E-state index contributed by atoms with van der Waals surface area (Å²) in [5, 5.41) is 2.92. The molecule has 2 heterocycles. The summed E-state index contributed by atoms with van der Waals surface area (Å²) in [6.45, 7) is 10.2. The number of ether oxygens (including phenoxy) is 1. The van der Waals surface area contributed by atoms with Gasteiger partial charge in [-0.1, -0.05) is 32.9 Å². The van der Waals surface area contributed by atoms with E-state index in [-0.39, 0.29) is 23.2 Å². The first kappa shape index (κ1) is 21.8. The standard InChI is InChI=1S/C24H31N3O3/c1-5-30-23(29)17-12-14-27(15-13-17)21-11-6-18(16-25-21)22(28)26-20-9-7-19(8-10-20)24(2,3)4/h6-11,16-17H,5,12-15H2,1-4H3,(H,26,28). The van der Waals surface area contributed by atoms with E-state index in [9.17, 15) is 9.59 Å². The van der Waals surface area contributed by atoms with Crippen molar-refractivity contribution in [3.8, 4) is 0 Å². The molecule has 0 radical (unpaired) electrons. The van der Waals surface area contributed by atoms with Crippen LogP contribution in [0.4, 0.5) is 11.5 Å². The quantitative estimate of drug-likeness (QED) is 0.741. The van der Waals surface area contributed by atoms with Gasteiger partial charge in [-0.2, -0.15) is 0 Å². The first-order valence-electron chi connectivity index (χ1n) is 10.6. The van der Waals surface area contributed by atoms with E-state index in [1.165, 1.54) is 5.56 Å². The summed E-state index contributed by atoms with van der Waals surface area (Å²) in [5.74, 6) is 0.505. The Bertz CT molecular complexity index is 862. The molecule has 1 N–H and O–H groups in total. The molecule has 160 valence electrons. The predicted molar refractivity (Wildman–Crippen MR) is 119 cm³/mol. The molecule has 0 bridgehead atoms. The molecule has 0 saturated carbocycles. The highest BCUT2D eigenvalue weighted by atomic mass is 16.5. The number of rotatable bonds is 5. The van der Waals surface area contributed by atoms with E-state index in [1.54, 1.807) is 12.3 Å². The number of hydrogen-bond donors (Lipinski definition) is 1. The summed E-state index contributed by atoms with van der Waals surface area (Å²) in [6, 6.07) is 11.6. The van der Waals surface area contributed by atoms with E-state index in [1.807, 2.05) is 37.3 Å². The van der Waals surface area contributed by atoms with Gasteiger partial charge >= 0.3 is 5.97 Å². The number of aromatic nitrogens is 1. The molecule has 30 heavy (non-hydrogen) atoms. The Morgan fingerprint density at radius 2 is 1.77 bits per heavy atom. The topological polar surface area (TPSA) is 71.5 Å². The molecular formula is C24H31N3O3. The zero-order valence-electron chi connectivity index (χ0n) is 18.3. The van der Waals surface area contributed by atoms with Crippen molar-refractivity contribution in [1.29, 1.82) is 0 Å². The van der Waals surface area contributed by atoms with Crippen LogP contribution in [-0.4, -0.2) is 36.6 Å². The lowest BCUT2D eigenvalue weighted by atomic mass is 9.87. The maximum absolute atomic E-state index is 12.5. The highest BCUT2D eigenvalue weighted by molar-refractivity contribution is 6.04. The van der Waals surface area contributed by atoms with Crippen LogP contribution >= 0.6 is 0 Å². The molecule has 6 nitrogen and oxygen atoms in total. The zero-order chi connectivity index (χ0) is 21.7. The lowest BCUT2D eigenvalue weighted by Gasteiger charge is -2.31. The molecule has 1 fully saturated rings. The van der Waals surface area contributed by atoms with Crippen molar-refractivity contribution in [1.82, 2.24) is 4.98 Å². The Hall–Kier alpha value is -2.89. The fourth-order valence-corrected chi connectivity index (χ4v) is 3.57. The second-order valence-corrected chi connectivity index (χ2v) is 8.70. The summed E-state index contributed by atoms with van der Waals surface area (Å²) in [5.41, 5.74) is 2.57. The smallest absolute Gasteiger partial charge is 0.309 e. The van der Waals surface area contributed by atoms with Crippen molar-refractivity contribution in [3.05, 3.63) is 53.7 Å². The highest BCUT2D eigenvalue weighted by Crippen LogP contribution is 2.25. The second kappa shape index (κ2) is 9.28. The fraction of sp³-hybridized carbons (Fsp3) is 0.458. The predicted octanol–water partition coefficient (Wildman–Crippen LogP) is 4.41. The average molecular weight is 410 g/mol. The van der Waals surface area contributed by atoms with E-state index >= 15 is 0 Å². The van der Waals surface area contributed by atoms with Crippen LogP contribution in [0.2, 0.25) is 0 Å². The van der Waals surface area contributed by atoms with Gasteiger partial charge < -0.3 is 15.0 Å². The van der Waals surface area contributed by atoms with Crippen LogP contribution in [0, 0.1) is 5.92 Å². The number of esters is 1. The molecule has 2 aromatic rings. The van der Waals surface area contributed by atoms with E-state index < -0.39 is 0 Å². The third kappa shape index (κ3) is 5.38. The number of hydrogen-bond acceptors (Lipinski definition) is 5. The van der Waals surface area contributed by atoms with Crippen LogP contribution in [0.25, 0.3) is 0 Å². The number of piperidine rings is 1. The zero-order valence-corrected chi connectivity index (χ0v) is 18.3. The molecule has 0 spiro atoms. The van der Waals surface area contributed by atoms with E-state index in [4.69, 9.17) is 4.74 Å². The number of benzene rings is 1. The average Bonchev–Trinajstić information content (AvgIpc) is 2.74. The minimum absolute atomic E-state index is 0.0316. The Balaban J connectivity index is 1.56. The SMILES string of the molecule is CCOC(=O)C1CCN(c2ccc(C(=O)Nc3ccc(C(C)(C)C)cc3)cn2)CC1. The normalized spacial score (nSPS) is 15.0. The lowest BCUT2D eigenvalue weighted by molar-refractivity contribution is -0.148. The fourth-order valence-electron chi connectivity index (χ4n) is 3.57. The maximum atomic E-state index is 12.5.